The minimum absolute atomic E-state index is 0.0222. The van der Waals surface area contributed by atoms with Gasteiger partial charge in [-0.3, -0.25) is 5.10 Å². The van der Waals surface area contributed by atoms with Crippen LogP contribution in [-0.2, 0) is 0 Å². The molecule has 2 heterocycles. The summed E-state index contributed by atoms with van der Waals surface area (Å²) in [6.07, 6.45) is 0. The highest BCUT2D eigenvalue weighted by Crippen LogP contribution is 2.47. The number of hydrogen-bond acceptors (Lipinski definition) is 6. The van der Waals surface area contributed by atoms with E-state index in [1.165, 1.54) is 0 Å². The Morgan fingerprint density at radius 3 is 2.63 bits per heavy atom. The van der Waals surface area contributed by atoms with Crippen molar-refractivity contribution < 1.29 is 14.6 Å². The second-order valence-electron chi connectivity index (χ2n) is 6.03. The molecule has 0 aliphatic carbocycles. The van der Waals surface area contributed by atoms with Gasteiger partial charge in [0, 0.05) is 11.1 Å². The van der Waals surface area contributed by atoms with E-state index in [2.05, 4.69) is 16.3 Å². The molecular formula is C20H16N4O3. The van der Waals surface area contributed by atoms with Crippen LogP contribution in [0.25, 0.3) is 11.3 Å². The first-order valence-electron chi connectivity index (χ1n) is 8.22. The summed E-state index contributed by atoms with van der Waals surface area (Å²) in [5.74, 6) is 0.452. The number of para-hydroxylation sites is 1. The Morgan fingerprint density at radius 2 is 1.96 bits per heavy atom. The van der Waals surface area contributed by atoms with Gasteiger partial charge < -0.3 is 20.3 Å². The van der Waals surface area contributed by atoms with Gasteiger partial charge in [0.2, 0.25) is 11.8 Å². The highest BCUT2D eigenvalue weighted by Gasteiger charge is 2.36. The quantitative estimate of drug-likeness (QED) is 0.661. The molecule has 7 heteroatoms. The summed E-state index contributed by atoms with van der Waals surface area (Å²) in [5.41, 5.74) is 8.89. The van der Waals surface area contributed by atoms with Gasteiger partial charge in [0.05, 0.1) is 24.3 Å². The van der Waals surface area contributed by atoms with Crippen molar-refractivity contribution in [3.63, 3.8) is 0 Å². The molecule has 0 fully saturated rings. The zero-order valence-corrected chi connectivity index (χ0v) is 14.4. The molecule has 1 aromatic heterocycles. The second-order valence-corrected chi connectivity index (χ2v) is 6.03. The zero-order chi connectivity index (χ0) is 19.0. The topological polar surface area (TPSA) is 117 Å². The van der Waals surface area contributed by atoms with Crippen LogP contribution in [0.4, 0.5) is 0 Å². The molecule has 0 saturated heterocycles. The Kier molecular flexibility index (Phi) is 3.94. The molecule has 1 atom stereocenters. The Labute approximate surface area is 155 Å². The first kappa shape index (κ1) is 16.5. The summed E-state index contributed by atoms with van der Waals surface area (Å²) in [4.78, 5) is 0. The lowest BCUT2D eigenvalue weighted by atomic mass is 9.82. The van der Waals surface area contributed by atoms with Crippen LogP contribution >= 0.6 is 0 Å². The van der Waals surface area contributed by atoms with Crippen LogP contribution in [0.15, 0.2) is 60.0 Å². The van der Waals surface area contributed by atoms with Gasteiger partial charge in [-0.1, -0.05) is 18.2 Å². The van der Waals surface area contributed by atoms with Gasteiger partial charge in [-0.25, -0.2) is 0 Å². The van der Waals surface area contributed by atoms with E-state index in [1.807, 2.05) is 24.3 Å². The number of phenolic OH excluding ortho intramolecular Hbond substituents is 1. The maximum atomic E-state index is 10.4. The average molecular weight is 360 g/mol. The molecule has 3 aromatic rings. The standard InChI is InChI=1S/C20H16N4O3/c1-26-12-8-6-11(7-9-12)18-17-16(13-4-2-3-5-15(13)25)14(10-21)19(22)27-20(17)24-23-18/h2-9,16,25H,22H2,1H3,(H,23,24)/t16-/m0/s1. The van der Waals surface area contributed by atoms with E-state index in [4.69, 9.17) is 15.2 Å². The number of allylic oxidation sites excluding steroid dienone is 1. The van der Waals surface area contributed by atoms with Gasteiger partial charge in [-0.2, -0.15) is 5.26 Å². The maximum Gasteiger partial charge on any atom is 0.244 e. The van der Waals surface area contributed by atoms with E-state index in [-0.39, 0.29) is 23.1 Å². The van der Waals surface area contributed by atoms with E-state index in [0.29, 0.717) is 16.8 Å². The van der Waals surface area contributed by atoms with Crippen molar-refractivity contribution in [2.75, 3.05) is 7.11 Å². The number of nitrogens with zero attached hydrogens (tertiary/aromatic N) is 2. The molecule has 0 unspecified atom stereocenters. The summed E-state index contributed by atoms with van der Waals surface area (Å²) >= 11 is 0. The van der Waals surface area contributed by atoms with Crippen LogP contribution in [-0.4, -0.2) is 22.4 Å². The van der Waals surface area contributed by atoms with Crippen LogP contribution < -0.4 is 15.2 Å². The van der Waals surface area contributed by atoms with Gasteiger partial charge in [0.25, 0.3) is 0 Å². The number of benzene rings is 2. The fourth-order valence-corrected chi connectivity index (χ4v) is 3.27. The van der Waals surface area contributed by atoms with Crippen molar-refractivity contribution in [3.8, 4) is 34.7 Å². The first-order valence-corrected chi connectivity index (χ1v) is 8.22. The molecular weight excluding hydrogens is 344 g/mol. The first-order chi connectivity index (χ1) is 13.1. The Bertz CT molecular complexity index is 1080. The van der Waals surface area contributed by atoms with E-state index < -0.39 is 5.92 Å². The molecule has 1 aliphatic rings. The summed E-state index contributed by atoms with van der Waals surface area (Å²) in [7, 11) is 1.60. The fraction of sp³-hybridized carbons (Fsp3) is 0.100. The third kappa shape index (κ3) is 2.64. The third-order valence-corrected chi connectivity index (χ3v) is 4.57. The largest absolute Gasteiger partial charge is 0.508 e. The molecule has 2 aromatic carbocycles. The zero-order valence-electron chi connectivity index (χ0n) is 14.4. The summed E-state index contributed by atoms with van der Waals surface area (Å²) in [6, 6.07) is 16.4. The smallest absolute Gasteiger partial charge is 0.244 e. The van der Waals surface area contributed by atoms with Crippen molar-refractivity contribution in [1.29, 1.82) is 5.26 Å². The van der Waals surface area contributed by atoms with Crippen LogP contribution in [0.5, 0.6) is 17.4 Å². The highest BCUT2D eigenvalue weighted by molar-refractivity contribution is 5.71. The van der Waals surface area contributed by atoms with Crippen LogP contribution in [0.3, 0.4) is 0 Å². The lowest BCUT2D eigenvalue weighted by Crippen LogP contribution is -2.21. The average Bonchev–Trinajstić information content (AvgIpc) is 3.11. The SMILES string of the molecule is COc1ccc(-c2[nH]nc3c2[C@@H](c2ccccc2O)C(C#N)=C(N)O3)cc1. The number of aromatic nitrogens is 2. The minimum atomic E-state index is -0.601. The minimum Gasteiger partial charge on any atom is -0.508 e. The molecule has 0 radical (unpaired) electrons. The summed E-state index contributed by atoms with van der Waals surface area (Å²) in [6.45, 7) is 0. The van der Waals surface area contributed by atoms with Crippen LogP contribution in [0.1, 0.15) is 17.0 Å². The van der Waals surface area contributed by atoms with E-state index >= 15 is 0 Å². The normalized spacial score (nSPS) is 15.6. The Hall–Kier alpha value is -3.92. The number of H-pyrrole nitrogens is 1. The summed E-state index contributed by atoms with van der Waals surface area (Å²) in [5, 5.41) is 27.3. The molecule has 27 heavy (non-hydrogen) atoms. The Morgan fingerprint density at radius 1 is 1.22 bits per heavy atom. The van der Waals surface area contributed by atoms with Crippen molar-refractivity contribution in [1.82, 2.24) is 10.2 Å². The van der Waals surface area contributed by atoms with Crippen LogP contribution in [0.2, 0.25) is 0 Å². The molecule has 0 amide bonds. The number of hydrogen-bond donors (Lipinski definition) is 3. The number of aromatic hydroxyl groups is 1. The summed E-state index contributed by atoms with van der Waals surface area (Å²) < 4.78 is 10.8. The van der Waals surface area contributed by atoms with Crippen molar-refractivity contribution in [2.45, 2.75) is 5.92 Å². The predicted molar refractivity (Wildman–Crippen MR) is 98.0 cm³/mol. The number of phenols is 1. The lowest BCUT2D eigenvalue weighted by Gasteiger charge is -2.24. The monoisotopic (exact) mass is 360 g/mol. The molecule has 0 bridgehead atoms. The second kappa shape index (κ2) is 6.42. The molecule has 134 valence electrons. The van der Waals surface area contributed by atoms with Gasteiger partial charge in [0.1, 0.15) is 23.1 Å². The number of methoxy groups -OCH3 is 1. The number of rotatable bonds is 3. The predicted octanol–water partition coefficient (Wildman–Crippen LogP) is 3.01. The van der Waals surface area contributed by atoms with E-state index in [1.54, 1.807) is 31.4 Å². The number of fused-ring (bicyclic) bond motifs is 1. The molecule has 0 spiro atoms. The third-order valence-electron chi connectivity index (χ3n) is 4.57. The lowest BCUT2D eigenvalue weighted by molar-refractivity contribution is 0.377. The van der Waals surface area contributed by atoms with Crippen LogP contribution in [0, 0.1) is 11.3 Å². The van der Waals surface area contributed by atoms with Gasteiger partial charge >= 0.3 is 0 Å². The molecule has 1 aliphatic heterocycles. The van der Waals surface area contributed by atoms with Crippen molar-refractivity contribution in [3.05, 3.63) is 71.1 Å². The number of nitrogens with one attached hydrogen (secondary N) is 1. The number of nitriles is 1. The molecule has 4 rings (SSSR count). The van der Waals surface area contributed by atoms with Gasteiger partial charge in [-0.05, 0) is 30.3 Å². The fourth-order valence-electron chi connectivity index (χ4n) is 3.27. The van der Waals surface area contributed by atoms with Crippen molar-refractivity contribution in [2.24, 2.45) is 5.73 Å². The number of nitrogens with two attached hydrogens (primary N) is 1. The van der Waals surface area contributed by atoms with E-state index in [0.717, 1.165) is 11.3 Å². The number of aromatic amines is 1. The maximum absolute atomic E-state index is 10.4. The molecule has 4 N–H and O–H groups in total. The Balaban J connectivity index is 1.93. The number of ether oxygens (including phenoxy) is 2. The molecule has 0 saturated carbocycles. The van der Waals surface area contributed by atoms with E-state index in [9.17, 15) is 10.4 Å². The van der Waals surface area contributed by atoms with Gasteiger partial charge in [0.15, 0.2) is 0 Å². The molecule has 7 nitrogen and oxygen atoms in total. The van der Waals surface area contributed by atoms with Crippen molar-refractivity contribution >= 4 is 0 Å². The van der Waals surface area contributed by atoms with Gasteiger partial charge in [-0.15, -0.1) is 5.10 Å². The highest BCUT2D eigenvalue weighted by atomic mass is 16.5.